The third kappa shape index (κ3) is 3.33. The molecule has 1 fully saturated rings. The van der Waals surface area contributed by atoms with Crippen molar-refractivity contribution >= 4 is 0 Å². The predicted octanol–water partition coefficient (Wildman–Crippen LogP) is 2.69. The minimum Gasteiger partial charge on any atom is -0.309 e. The quantitative estimate of drug-likeness (QED) is 0.882. The average Bonchev–Trinajstić information content (AvgIpc) is 2.33. The van der Waals surface area contributed by atoms with Gasteiger partial charge in [-0.1, -0.05) is 30.3 Å². The van der Waals surface area contributed by atoms with Crippen LogP contribution in [0.15, 0.2) is 30.3 Å². The second-order valence-electron chi connectivity index (χ2n) is 6.32. The van der Waals surface area contributed by atoms with Gasteiger partial charge in [0.1, 0.15) is 0 Å². The molecule has 1 N–H and O–H groups in total. The summed E-state index contributed by atoms with van der Waals surface area (Å²) in [5.41, 5.74) is 1.67. The molecule has 1 heterocycles. The van der Waals surface area contributed by atoms with Crippen LogP contribution >= 0.6 is 0 Å². The largest absolute Gasteiger partial charge is 0.309 e. The van der Waals surface area contributed by atoms with Gasteiger partial charge >= 0.3 is 0 Å². The smallest absolute Gasteiger partial charge is 0.0253 e. The summed E-state index contributed by atoms with van der Waals surface area (Å²) in [6.45, 7) is 11.5. The minimum absolute atomic E-state index is 0.234. The normalized spacial score (nSPS) is 25.9. The zero-order valence-electron chi connectivity index (χ0n) is 12.1. The fourth-order valence-electron chi connectivity index (χ4n) is 2.87. The topological polar surface area (TPSA) is 15.3 Å². The maximum atomic E-state index is 3.62. The molecule has 1 aliphatic heterocycles. The summed E-state index contributed by atoms with van der Waals surface area (Å²) >= 11 is 0. The van der Waals surface area contributed by atoms with Crippen molar-refractivity contribution in [2.45, 2.75) is 51.7 Å². The first-order valence-electron chi connectivity index (χ1n) is 7.03. The Morgan fingerprint density at radius 2 is 2.00 bits per heavy atom. The van der Waals surface area contributed by atoms with Gasteiger partial charge in [-0.2, -0.15) is 0 Å². The van der Waals surface area contributed by atoms with E-state index in [-0.39, 0.29) is 5.54 Å². The van der Waals surface area contributed by atoms with Gasteiger partial charge in [-0.3, -0.25) is 4.90 Å². The third-order valence-corrected chi connectivity index (χ3v) is 3.96. The van der Waals surface area contributed by atoms with Gasteiger partial charge < -0.3 is 5.32 Å². The summed E-state index contributed by atoms with van der Waals surface area (Å²) in [7, 11) is 0. The predicted molar refractivity (Wildman–Crippen MR) is 77.9 cm³/mol. The maximum absolute atomic E-state index is 3.62. The molecule has 1 saturated heterocycles. The van der Waals surface area contributed by atoms with Crippen LogP contribution in [0.3, 0.4) is 0 Å². The van der Waals surface area contributed by atoms with Crippen LogP contribution in [-0.2, 0) is 6.42 Å². The number of piperazine rings is 1. The third-order valence-electron chi connectivity index (χ3n) is 3.96. The van der Waals surface area contributed by atoms with E-state index in [9.17, 15) is 0 Å². The average molecular weight is 246 g/mol. The monoisotopic (exact) mass is 246 g/mol. The van der Waals surface area contributed by atoms with Crippen LogP contribution in [0.4, 0.5) is 0 Å². The summed E-state index contributed by atoms with van der Waals surface area (Å²) < 4.78 is 0. The Hall–Kier alpha value is -0.860. The first kappa shape index (κ1) is 13.6. The fourth-order valence-corrected chi connectivity index (χ4v) is 2.87. The molecule has 2 rings (SSSR count). The Kier molecular flexibility index (Phi) is 4.08. The first-order valence-corrected chi connectivity index (χ1v) is 7.03. The Morgan fingerprint density at radius 3 is 2.67 bits per heavy atom. The van der Waals surface area contributed by atoms with Gasteiger partial charge in [-0.05, 0) is 39.7 Å². The highest BCUT2D eigenvalue weighted by Gasteiger charge is 2.32. The lowest BCUT2D eigenvalue weighted by molar-refractivity contribution is 0.0692. The van der Waals surface area contributed by atoms with E-state index in [0.29, 0.717) is 12.1 Å². The van der Waals surface area contributed by atoms with E-state index in [1.807, 2.05) is 0 Å². The Labute approximate surface area is 111 Å². The van der Waals surface area contributed by atoms with E-state index in [0.717, 1.165) is 19.5 Å². The number of rotatable bonds is 3. The molecular weight excluding hydrogens is 220 g/mol. The van der Waals surface area contributed by atoms with Crippen molar-refractivity contribution in [3.05, 3.63) is 35.9 Å². The summed E-state index contributed by atoms with van der Waals surface area (Å²) in [5.74, 6) is 0. The van der Waals surface area contributed by atoms with Crippen molar-refractivity contribution < 1.29 is 0 Å². The van der Waals surface area contributed by atoms with Gasteiger partial charge in [0.05, 0.1) is 0 Å². The fraction of sp³-hybridized carbons (Fsp3) is 0.625. The van der Waals surface area contributed by atoms with Gasteiger partial charge in [-0.25, -0.2) is 0 Å². The van der Waals surface area contributed by atoms with Gasteiger partial charge in [0.15, 0.2) is 0 Å². The molecule has 2 unspecified atom stereocenters. The highest BCUT2D eigenvalue weighted by atomic mass is 15.3. The van der Waals surface area contributed by atoms with Crippen LogP contribution in [0.5, 0.6) is 0 Å². The summed E-state index contributed by atoms with van der Waals surface area (Å²) in [5, 5.41) is 3.62. The number of hydrogen-bond acceptors (Lipinski definition) is 2. The van der Waals surface area contributed by atoms with Crippen LogP contribution in [0, 0.1) is 0 Å². The van der Waals surface area contributed by atoms with E-state index in [1.165, 1.54) is 5.56 Å². The van der Waals surface area contributed by atoms with Crippen molar-refractivity contribution in [1.29, 1.82) is 0 Å². The molecule has 2 heteroatoms. The maximum Gasteiger partial charge on any atom is 0.0253 e. The molecule has 100 valence electrons. The van der Waals surface area contributed by atoms with Gasteiger partial charge in [0.25, 0.3) is 0 Å². The van der Waals surface area contributed by atoms with Crippen LogP contribution in [-0.4, -0.2) is 35.6 Å². The van der Waals surface area contributed by atoms with E-state index < -0.39 is 0 Å². The highest BCUT2D eigenvalue weighted by Crippen LogP contribution is 2.19. The number of hydrogen-bond donors (Lipinski definition) is 1. The van der Waals surface area contributed by atoms with Crippen molar-refractivity contribution in [3.63, 3.8) is 0 Å². The summed E-state index contributed by atoms with van der Waals surface area (Å²) in [4.78, 5) is 2.64. The zero-order chi connectivity index (χ0) is 13.2. The van der Waals surface area contributed by atoms with Crippen LogP contribution < -0.4 is 5.32 Å². The minimum atomic E-state index is 0.234. The molecule has 1 aliphatic rings. The second kappa shape index (κ2) is 5.41. The molecule has 0 spiro atoms. The van der Waals surface area contributed by atoms with Crippen molar-refractivity contribution in [3.8, 4) is 0 Å². The lowest BCUT2D eigenvalue weighted by Gasteiger charge is -2.46. The summed E-state index contributed by atoms with van der Waals surface area (Å²) in [6, 6.07) is 12.0. The Balaban J connectivity index is 2.01. The molecule has 0 aliphatic carbocycles. The van der Waals surface area contributed by atoms with Gasteiger partial charge in [0.2, 0.25) is 0 Å². The first-order chi connectivity index (χ1) is 8.48. The molecule has 0 amide bonds. The van der Waals surface area contributed by atoms with Crippen LogP contribution in [0.1, 0.15) is 33.3 Å². The van der Waals surface area contributed by atoms with E-state index in [4.69, 9.17) is 0 Å². The molecular formula is C16H26N2. The van der Waals surface area contributed by atoms with E-state index in [1.54, 1.807) is 0 Å². The van der Waals surface area contributed by atoms with E-state index in [2.05, 4.69) is 68.2 Å². The van der Waals surface area contributed by atoms with Gasteiger partial charge in [-0.15, -0.1) is 0 Å². The zero-order valence-corrected chi connectivity index (χ0v) is 12.1. The Bertz CT molecular complexity index is 372. The lowest BCUT2D eigenvalue weighted by atomic mass is 9.95. The number of nitrogens with zero attached hydrogens (tertiary/aromatic N) is 1. The molecule has 0 saturated carbocycles. The molecule has 2 nitrogen and oxygen atoms in total. The number of nitrogens with one attached hydrogen (secondary N) is 1. The molecule has 0 aromatic heterocycles. The lowest BCUT2D eigenvalue weighted by Crippen LogP contribution is -2.62. The number of benzene rings is 1. The van der Waals surface area contributed by atoms with Crippen LogP contribution in [0.2, 0.25) is 0 Å². The highest BCUT2D eigenvalue weighted by molar-refractivity contribution is 5.16. The Morgan fingerprint density at radius 1 is 1.33 bits per heavy atom. The molecule has 0 bridgehead atoms. The van der Waals surface area contributed by atoms with Gasteiger partial charge in [0, 0.05) is 30.7 Å². The molecule has 1 aromatic carbocycles. The van der Waals surface area contributed by atoms with Crippen molar-refractivity contribution in [2.24, 2.45) is 0 Å². The summed E-state index contributed by atoms with van der Waals surface area (Å²) in [6.07, 6.45) is 1.14. The van der Waals surface area contributed by atoms with E-state index >= 15 is 0 Å². The standard InChI is InChI=1S/C16H26N2/c1-13(10-15-8-6-5-7-9-15)18-12-16(3,4)17-11-14(18)2/h5-9,13-14,17H,10-12H2,1-4H3. The second-order valence-corrected chi connectivity index (χ2v) is 6.32. The SMILES string of the molecule is CC1CNC(C)(C)CN1C(C)Cc1ccccc1. The molecule has 1 aromatic rings. The van der Waals surface area contributed by atoms with Crippen molar-refractivity contribution in [1.82, 2.24) is 10.2 Å². The molecule has 0 radical (unpaired) electrons. The van der Waals surface area contributed by atoms with Crippen LogP contribution in [0.25, 0.3) is 0 Å². The molecule has 2 atom stereocenters. The molecule has 18 heavy (non-hydrogen) atoms. The van der Waals surface area contributed by atoms with Crippen molar-refractivity contribution in [2.75, 3.05) is 13.1 Å².